The van der Waals surface area contributed by atoms with E-state index in [9.17, 15) is 9.36 Å². The molecule has 0 aliphatic heterocycles. The van der Waals surface area contributed by atoms with E-state index >= 15 is 0 Å². The summed E-state index contributed by atoms with van der Waals surface area (Å²) in [7, 11) is -4.76. The fourth-order valence-electron chi connectivity index (χ4n) is 1.11. The molecule has 0 atom stereocenters. The van der Waals surface area contributed by atoms with Crippen LogP contribution in [0.4, 0.5) is 0 Å². The molecule has 0 radical (unpaired) electrons. The Bertz CT molecular complexity index is 263. The molecule has 0 aromatic rings. The van der Waals surface area contributed by atoms with E-state index in [0.29, 0.717) is 12.8 Å². The maximum Gasteiger partial charge on any atom is 0.527 e. The number of rotatable bonds is 5. The second kappa shape index (κ2) is 4.73. The fourth-order valence-corrected chi connectivity index (χ4v) is 1.51. The number of phosphoric ester groups is 1. The van der Waals surface area contributed by atoms with Crippen molar-refractivity contribution in [1.29, 1.82) is 0 Å². The third-order valence-electron chi connectivity index (χ3n) is 2.26. The number of hydrogen-bond donors (Lipinski definition) is 2. The molecule has 5 nitrogen and oxygen atoms in total. The predicted molar refractivity (Wildman–Crippen MR) is 51.3 cm³/mol. The minimum atomic E-state index is -4.76. The van der Waals surface area contributed by atoms with Crippen LogP contribution in [-0.4, -0.2) is 15.8 Å². The van der Waals surface area contributed by atoms with Crippen molar-refractivity contribution in [2.45, 2.75) is 26.7 Å². The standard InChI is InChI=1S/C8H15O5P/c1-4-8(5-2,6-3)7(9)13-14(10,11)12/h4H,1,5-6H2,2-3H3,(H2,10,11,12). The summed E-state index contributed by atoms with van der Waals surface area (Å²) in [5.41, 5.74) is -0.999. The van der Waals surface area contributed by atoms with Crippen molar-refractivity contribution < 1.29 is 23.7 Å². The van der Waals surface area contributed by atoms with Crippen molar-refractivity contribution in [3.8, 4) is 0 Å². The molecule has 2 N–H and O–H groups in total. The highest BCUT2D eigenvalue weighted by atomic mass is 31.2. The minimum Gasteiger partial charge on any atom is -0.370 e. The summed E-state index contributed by atoms with van der Waals surface area (Å²) >= 11 is 0. The van der Waals surface area contributed by atoms with Crippen molar-refractivity contribution in [2.24, 2.45) is 5.41 Å². The lowest BCUT2D eigenvalue weighted by Crippen LogP contribution is -2.28. The Kier molecular flexibility index (Phi) is 4.52. The Morgan fingerprint density at radius 3 is 2.14 bits per heavy atom. The molecule has 0 bridgehead atoms. The molecule has 0 aromatic carbocycles. The number of hydrogen-bond acceptors (Lipinski definition) is 3. The molecular weight excluding hydrogens is 207 g/mol. The van der Waals surface area contributed by atoms with Crippen molar-refractivity contribution in [3.63, 3.8) is 0 Å². The predicted octanol–water partition coefficient (Wildman–Crippen LogP) is 1.61. The summed E-state index contributed by atoms with van der Waals surface area (Å²) in [4.78, 5) is 28.3. The van der Waals surface area contributed by atoms with Gasteiger partial charge in [-0.2, -0.15) is 0 Å². The van der Waals surface area contributed by atoms with Gasteiger partial charge in [-0.1, -0.05) is 19.9 Å². The second-order valence-corrected chi connectivity index (χ2v) is 4.10. The molecule has 0 saturated carbocycles. The van der Waals surface area contributed by atoms with Gasteiger partial charge in [-0.05, 0) is 12.8 Å². The summed E-state index contributed by atoms with van der Waals surface area (Å²) < 4.78 is 14.5. The molecule has 0 aromatic heterocycles. The number of phosphoric acid groups is 1. The van der Waals surface area contributed by atoms with Gasteiger partial charge in [-0.15, -0.1) is 6.58 Å². The number of carbonyl (C=O) groups is 1. The van der Waals surface area contributed by atoms with Crippen molar-refractivity contribution in [2.75, 3.05) is 0 Å². The molecule has 0 rings (SSSR count). The first-order valence-electron chi connectivity index (χ1n) is 4.24. The molecule has 6 heteroatoms. The summed E-state index contributed by atoms with van der Waals surface area (Å²) in [6.45, 7) is 6.93. The van der Waals surface area contributed by atoms with Crippen LogP contribution in [0, 0.1) is 5.41 Å². The lowest BCUT2D eigenvalue weighted by Gasteiger charge is -2.24. The molecule has 14 heavy (non-hydrogen) atoms. The van der Waals surface area contributed by atoms with Gasteiger partial charge in [0.2, 0.25) is 0 Å². The van der Waals surface area contributed by atoms with Crippen LogP contribution < -0.4 is 0 Å². The van der Waals surface area contributed by atoms with Gasteiger partial charge in [0.15, 0.2) is 0 Å². The third kappa shape index (κ3) is 3.25. The summed E-state index contributed by atoms with van der Waals surface area (Å²) in [5, 5.41) is 0. The molecule has 0 heterocycles. The van der Waals surface area contributed by atoms with Crippen LogP contribution >= 0.6 is 7.82 Å². The van der Waals surface area contributed by atoms with Gasteiger partial charge in [0, 0.05) is 0 Å². The van der Waals surface area contributed by atoms with Crippen molar-refractivity contribution in [1.82, 2.24) is 0 Å². The first-order chi connectivity index (χ1) is 6.31. The molecule has 0 unspecified atom stereocenters. The van der Waals surface area contributed by atoms with Crippen LogP contribution in [0.2, 0.25) is 0 Å². The normalized spacial score (nSPS) is 12.3. The zero-order valence-corrected chi connectivity index (χ0v) is 9.16. The first kappa shape index (κ1) is 13.4. The Morgan fingerprint density at radius 1 is 1.50 bits per heavy atom. The smallest absolute Gasteiger partial charge is 0.370 e. The summed E-state index contributed by atoms with van der Waals surface area (Å²) in [5.74, 6) is -0.925. The van der Waals surface area contributed by atoms with E-state index in [4.69, 9.17) is 9.79 Å². The first-order valence-corrected chi connectivity index (χ1v) is 5.77. The number of carbonyl (C=O) groups excluding carboxylic acids is 1. The molecule has 0 spiro atoms. The lowest BCUT2D eigenvalue weighted by molar-refractivity contribution is -0.144. The van der Waals surface area contributed by atoms with Crippen LogP contribution in [0.5, 0.6) is 0 Å². The van der Waals surface area contributed by atoms with E-state index in [1.165, 1.54) is 6.08 Å². The van der Waals surface area contributed by atoms with Gasteiger partial charge in [-0.25, -0.2) is 4.57 Å². The molecule has 82 valence electrons. The van der Waals surface area contributed by atoms with Gasteiger partial charge in [0.25, 0.3) is 0 Å². The van der Waals surface area contributed by atoms with Gasteiger partial charge in [-0.3, -0.25) is 14.6 Å². The Hall–Kier alpha value is -0.640. The van der Waals surface area contributed by atoms with Crippen LogP contribution in [0.25, 0.3) is 0 Å². The zero-order chi connectivity index (χ0) is 11.4. The minimum absolute atomic E-state index is 0.395. The molecular formula is C8H15O5P. The molecule has 0 fully saturated rings. The zero-order valence-electron chi connectivity index (χ0n) is 8.27. The highest BCUT2D eigenvalue weighted by Crippen LogP contribution is 2.41. The third-order valence-corrected chi connectivity index (χ3v) is 2.66. The monoisotopic (exact) mass is 222 g/mol. The van der Waals surface area contributed by atoms with E-state index in [-0.39, 0.29) is 0 Å². The topological polar surface area (TPSA) is 83.8 Å². The average Bonchev–Trinajstić information content (AvgIpc) is 2.05. The van der Waals surface area contributed by atoms with E-state index < -0.39 is 19.2 Å². The van der Waals surface area contributed by atoms with Gasteiger partial charge >= 0.3 is 13.8 Å². The quantitative estimate of drug-likeness (QED) is 0.545. The largest absolute Gasteiger partial charge is 0.527 e. The van der Waals surface area contributed by atoms with E-state index in [2.05, 4.69) is 11.1 Å². The van der Waals surface area contributed by atoms with Crippen molar-refractivity contribution in [3.05, 3.63) is 12.7 Å². The maximum absolute atomic E-state index is 11.4. The van der Waals surface area contributed by atoms with Gasteiger partial charge < -0.3 is 4.52 Å². The van der Waals surface area contributed by atoms with Crippen LogP contribution in [0.15, 0.2) is 12.7 Å². The van der Waals surface area contributed by atoms with Crippen LogP contribution in [0.1, 0.15) is 26.7 Å². The summed E-state index contributed by atoms with van der Waals surface area (Å²) in [6, 6.07) is 0. The summed E-state index contributed by atoms with van der Waals surface area (Å²) in [6.07, 6.45) is 2.16. The average molecular weight is 222 g/mol. The Labute approximate surface area is 83.0 Å². The highest BCUT2D eigenvalue weighted by Gasteiger charge is 2.37. The fraction of sp³-hybridized carbons (Fsp3) is 0.625. The van der Waals surface area contributed by atoms with Crippen LogP contribution in [-0.2, 0) is 13.9 Å². The molecule has 0 aliphatic rings. The van der Waals surface area contributed by atoms with Gasteiger partial charge in [0.05, 0.1) is 5.41 Å². The molecule has 0 amide bonds. The maximum atomic E-state index is 11.4. The van der Waals surface area contributed by atoms with Crippen molar-refractivity contribution >= 4 is 13.8 Å². The molecule has 0 saturated heterocycles. The molecule has 0 aliphatic carbocycles. The Morgan fingerprint density at radius 2 is 1.93 bits per heavy atom. The lowest BCUT2D eigenvalue weighted by atomic mass is 9.83. The highest BCUT2D eigenvalue weighted by molar-refractivity contribution is 7.46. The second-order valence-electron chi connectivity index (χ2n) is 2.94. The van der Waals surface area contributed by atoms with Crippen LogP contribution in [0.3, 0.4) is 0 Å². The van der Waals surface area contributed by atoms with E-state index in [1.54, 1.807) is 13.8 Å². The van der Waals surface area contributed by atoms with E-state index in [0.717, 1.165) is 0 Å². The Balaban J connectivity index is 4.79. The van der Waals surface area contributed by atoms with E-state index in [1.807, 2.05) is 0 Å². The SMILES string of the molecule is C=CC(CC)(CC)C(=O)OP(=O)(O)O. The van der Waals surface area contributed by atoms with Gasteiger partial charge in [0.1, 0.15) is 0 Å².